The maximum atomic E-state index is 12.5. The van der Waals surface area contributed by atoms with Gasteiger partial charge in [0.2, 0.25) is 0 Å². The van der Waals surface area contributed by atoms with Crippen LogP contribution in [0.3, 0.4) is 0 Å². The van der Waals surface area contributed by atoms with E-state index in [-0.39, 0.29) is 6.61 Å². The van der Waals surface area contributed by atoms with Crippen LogP contribution in [-0.4, -0.2) is 47.1 Å². The molecule has 5 nitrogen and oxygen atoms in total. The first-order chi connectivity index (χ1) is 9.94. The van der Waals surface area contributed by atoms with Crippen molar-refractivity contribution in [2.75, 3.05) is 18.5 Å². The molecule has 0 aliphatic heterocycles. The first-order valence-electron chi connectivity index (χ1n) is 7.66. The lowest BCUT2D eigenvalue weighted by Gasteiger charge is -2.38. The maximum absolute atomic E-state index is 12.5. The van der Waals surface area contributed by atoms with Crippen LogP contribution in [-0.2, 0) is 14.3 Å². The van der Waals surface area contributed by atoms with E-state index in [1.807, 2.05) is 41.5 Å². The highest BCUT2D eigenvalue weighted by molar-refractivity contribution is 9.09. The summed E-state index contributed by atoms with van der Waals surface area (Å²) in [7, 11) is 0. The predicted molar refractivity (Wildman–Crippen MR) is 91.2 cm³/mol. The summed E-state index contributed by atoms with van der Waals surface area (Å²) in [6.45, 7) is 13.7. The van der Waals surface area contributed by atoms with Crippen molar-refractivity contribution in [2.24, 2.45) is 5.41 Å². The third-order valence-corrected chi connectivity index (χ3v) is 3.36. The molecule has 0 aromatic carbocycles. The minimum Gasteiger partial charge on any atom is -0.464 e. The fourth-order valence-electron chi connectivity index (χ4n) is 2.05. The van der Waals surface area contributed by atoms with Gasteiger partial charge in [0.25, 0.3) is 0 Å². The molecular weight excluding hydrogens is 350 g/mol. The van der Waals surface area contributed by atoms with Crippen molar-refractivity contribution in [1.82, 2.24) is 4.90 Å². The zero-order valence-electron chi connectivity index (χ0n) is 14.9. The third-order valence-electron chi connectivity index (χ3n) is 2.80. The Balaban J connectivity index is 5.47. The second-order valence-corrected chi connectivity index (χ2v) is 8.03. The number of rotatable bonds is 6. The minimum atomic E-state index is -0.679. The van der Waals surface area contributed by atoms with Gasteiger partial charge in [-0.2, -0.15) is 0 Å². The van der Waals surface area contributed by atoms with Crippen LogP contribution in [0.1, 0.15) is 54.9 Å². The van der Waals surface area contributed by atoms with E-state index in [2.05, 4.69) is 15.9 Å². The molecule has 0 aromatic heterocycles. The van der Waals surface area contributed by atoms with Gasteiger partial charge in [-0.25, -0.2) is 9.59 Å². The number of carbonyl (C=O) groups excluding carboxylic acids is 2. The van der Waals surface area contributed by atoms with E-state index in [0.717, 1.165) is 11.8 Å². The predicted octanol–water partition coefficient (Wildman–Crippen LogP) is 3.99. The molecule has 6 heteroatoms. The fourth-order valence-corrected chi connectivity index (χ4v) is 2.30. The number of amides is 1. The van der Waals surface area contributed by atoms with Crippen molar-refractivity contribution in [2.45, 2.75) is 66.5 Å². The number of nitrogens with zero attached hydrogens (tertiary/aromatic N) is 1. The van der Waals surface area contributed by atoms with Gasteiger partial charge in [0, 0.05) is 11.9 Å². The second-order valence-electron chi connectivity index (χ2n) is 7.24. The largest absolute Gasteiger partial charge is 0.464 e. The molecule has 0 aliphatic rings. The minimum absolute atomic E-state index is 0.284. The Morgan fingerprint density at radius 3 is 2.05 bits per heavy atom. The first-order valence-corrected chi connectivity index (χ1v) is 8.78. The maximum Gasteiger partial charge on any atom is 0.411 e. The van der Waals surface area contributed by atoms with Crippen molar-refractivity contribution in [3.8, 4) is 0 Å². The Morgan fingerprint density at radius 1 is 1.14 bits per heavy atom. The molecule has 0 fully saturated rings. The summed E-state index contributed by atoms with van der Waals surface area (Å²) in [4.78, 5) is 26.4. The Kier molecular flexibility index (Phi) is 8.44. The molecule has 0 N–H and O–H groups in total. The van der Waals surface area contributed by atoms with Gasteiger partial charge in [0.1, 0.15) is 11.6 Å². The van der Waals surface area contributed by atoms with Gasteiger partial charge in [0.05, 0.1) is 6.61 Å². The summed E-state index contributed by atoms with van der Waals surface area (Å²) in [5.74, 6) is -0.393. The van der Waals surface area contributed by atoms with Gasteiger partial charge in [-0.05, 0) is 39.5 Å². The molecular formula is C16H30BrNO4. The molecule has 0 radical (unpaired) electrons. The second kappa shape index (κ2) is 8.75. The van der Waals surface area contributed by atoms with E-state index < -0.39 is 29.1 Å². The number of carbonyl (C=O) groups is 2. The van der Waals surface area contributed by atoms with Crippen LogP contribution in [0.25, 0.3) is 0 Å². The normalized spacial score (nSPS) is 13.5. The molecule has 130 valence electrons. The molecule has 0 aliphatic carbocycles. The molecule has 0 spiro atoms. The van der Waals surface area contributed by atoms with Gasteiger partial charge in [-0.1, -0.05) is 36.7 Å². The Bertz CT molecular complexity index is 371. The third kappa shape index (κ3) is 7.47. The van der Waals surface area contributed by atoms with Crippen molar-refractivity contribution in [3.05, 3.63) is 0 Å². The summed E-state index contributed by atoms with van der Waals surface area (Å²) < 4.78 is 10.6. The lowest BCUT2D eigenvalue weighted by atomic mass is 9.85. The van der Waals surface area contributed by atoms with Crippen LogP contribution in [0.15, 0.2) is 0 Å². The van der Waals surface area contributed by atoms with Crippen LogP contribution >= 0.6 is 15.9 Å². The Hall–Kier alpha value is -0.780. The number of alkyl halides is 1. The van der Waals surface area contributed by atoms with Crippen LogP contribution in [0.5, 0.6) is 0 Å². The number of esters is 1. The quantitative estimate of drug-likeness (QED) is 0.517. The van der Waals surface area contributed by atoms with Crippen molar-refractivity contribution < 1.29 is 19.1 Å². The van der Waals surface area contributed by atoms with Crippen LogP contribution in [0, 0.1) is 5.41 Å². The van der Waals surface area contributed by atoms with Crippen LogP contribution in [0.2, 0.25) is 0 Å². The summed E-state index contributed by atoms with van der Waals surface area (Å²) in [6.07, 6.45) is 0.243. The number of halogens is 1. The van der Waals surface area contributed by atoms with Gasteiger partial charge in [0.15, 0.2) is 0 Å². The molecule has 0 saturated carbocycles. The molecule has 22 heavy (non-hydrogen) atoms. The zero-order valence-corrected chi connectivity index (χ0v) is 16.4. The van der Waals surface area contributed by atoms with Crippen molar-refractivity contribution in [3.63, 3.8) is 0 Å². The molecule has 1 atom stereocenters. The Morgan fingerprint density at radius 2 is 1.68 bits per heavy atom. The van der Waals surface area contributed by atoms with E-state index in [1.54, 1.807) is 6.92 Å². The number of hydrogen-bond donors (Lipinski definition) is 0. The fraction of sp³-hybridized carbons (Fsp3) is 0.875. The topological polar surface area (TPSA) is 55.8 Å². The van der Waals surface area contributed by atoms with E-state index >= 15 is 0 Å². The van der Waals surface area contributed by atoms with Gasteiger partial charge >= 0.3 is 12.1 Å². The lowest BCUT2D eigenvalue weighted by Crippen LogP contribution is -2.54. The number of hydrogen-bond acceptors (Lipinski definition) is 4. The summed E-state index contributed by atoms with van der Waals surface area (Å²) in [5, 5.41) is 0.742. The van der Waals surface area contributed by atoms with Gasteiger partial charge in [-0.3, -0.25) is 4.90 Å². The molecule has 1 amide bonds. The molecule has 0 rings (SSSR count). The van der Waals surface area contributed by atoms with Crippen LogP contribution < -0.4 is 0 Å². The Labute approximate surface area is 142 Å². The first kappa shape index (κ1) is 21.2. The SMILES string of the molecule is CCOC(=O)[C@@H](N(CCCBr)C(=O)OC(C)(C)C)C(C)(C)C. The summed E-state index contributed by atoms with van der Waals surface area (Å²) >= 11 is 3.36. The van der Waals surface area contributed by atoms with E-state index in [9.17, 15) is 9.59 Å². The highest BCUT2D eigenvalue weighted by Gasteiger charge is 2.41. The molecule has 0 saturated heterocycles. The lowest BCUT2D eigenvalue weighted by molar-refractivity contribution is -0.153. The molecule has 0 bridgehead atoms. The van der Waals surface area contributed by atoms with Crippen molar-refractivity contribution in [1.29, 1.82) is 0 Å². The standard InChI is InChI=1S/C16H30BrNO4/c1-8-21-13(19)12(15(2,3)4)18(11-9-10-17)14(20)22-16(5,6)7/h12H,8-11H2,1-7H3/t12-/m1/s1. The summed E-state index contributed by atoms with van der Waals surface area (Å²) in [5.41, 5.74) is -1.06. The smallest absolute Gasteiger partial charge is 0.411 e. The molecule has 0 heterocycles. The van der Waals surface area contributed by atoms with Crippen molar-refractivity contribution >= 4 is 28.0 Å². The average molecular weight is 380 g/mol. The molecule has 0 aromatic rings. The number of ether oxygens (including phenoxy) is 2. The van der Waals surface area contributed by atoms with E-state index in [0.29, 0.717) is 6.54 Å². The van der Waals surface area contributed by atoms with Gasteiger partial charge < -0.3 is 9.47 Å². The average Bonchev–Trinajstić information content (AvgIpc) is 2.30. The summed E-state index contributed by atoms with van der Waals surface area (Å²) in [6, 6.07) is -0.679. The highest BCUT2D eigenvalue weighted by atomic mass is 79.9. The van der Waals surface area contributed by atoms with E-state index in [1.165, 1.54) is 4.90 Å². The monoisotopic (exact) mass is 379 g/mol. The van der Waals surface area contributed by atoms with Crippen LogP contribution in [0.4, 0.5) is 4.79 Å². The zero-order chi connectivity index (χ0) is 17.6. The van der Waals surface area contributed by atoms with E-state index in [4.69, 9.17) is 9.47 Å². The molecule has 0 unspecified atom stereocenters. The highest BCUT2D eigenvalue weighted by Crippen LogP contribution is 2.27. The van der Waals surface area contributed by atoms with Gasteiger partial charge in [-0.15, -0.1) is 0 Å².